The number of rotatable bonds is 11. The third kappa shape index (κ3) is 5.01. The summed E-state index contributed by atoms with van der Waals surface area (Å²) >= 11 is -1.86. The molecule has 2 bridgehead atoms. The van der Waals surface area contributed by atoms with E-state index in [2.05, 4.69) is 32.9 Å². The van der Waals surface area contributed by atoms with Crippen molar-refractivity contribution in [2.75, 3.05) is 0 Å². The molecule has 0 aromatic carbocycles. The normalized spacial score (nSPS) is 27.7. The second-order valence-electron chi connectivity index (χ2n) is 8.06. The molecule has 0 radical (unpaired) electrons. The molecule has 1 heteroatoms. The monoisotopic (exact) mass is 398 g/mol. The van der Waals surface area contributed by atoms with Gasteiger partial charge in [-0.15, -0.1) is 0 Å². The van der Waals surface area contributed by atoms with Crippen LogP contribution in [0, 0.1) is 17.8 Å². The van der Waals surface area contributed by atoms with Crippen molar-refractivity contribution in [1.29, 1.82) is 0 Å². The van der Waals surface area contributed by atoms with Gasteiger partial charge in [-0.2, -0.15) is 0 Å². The van der Waals surface area contributed by atoms with Gasteiger partial charge in [0.25, 0.3) is 0 Å². The molecule has 0 aliphatic heterocycles. The molecule has 0 N–H and O–H groups in total. The second-order valence-corrected chi connectivity index (χ2v) is 22.1. The molecule has 2 aliphatic carbocycles. The Balaban J connectivity index is 2.01. The molecule has 21 heavy (non-hydrogen) atoms. The van der Waals surface area contributed by atoms with Crippen LogP contribution >= 0.6 is 0 Å². The fourth-order valence-electron chi connectivity index (χ4n) is 5.02. The van der Waals surface area contributed by atoms with Crippen molar-refractivity contribution in [3.8, 4) is 0 Å². The third-order valence-corrected chi connectivity index (χ3v) is 22.4. The Hall–Kier alpha value is 0.539. The van der Waals surface area contributed by atoms with E-state index in [1.54, 1.807) is 43.4 Å². The molecule has 0 aromatic heterocycles. The average molecular weight is 397 g/mol. The molecule has 0 aromatic rings. The van der Waals surface area contributed by atoms with Gasteiger partial charge in [-0.05, 0) is 0 Å². The molecule has 1 fully saturated rings. The van der Waals surface area contributed by atoms with Gasteiger partial charge in [-0.1, -0.05) is 0 Å². The molecule has 122 valence electrons. The summed E-state index contributed by atoms with van der Waals surface area (Å²) in [6, 6.07) is 0. The zero-order chi connectivity index (χ0) is 15.1. The standard InChI is InChI=1S/C8H11.3C4H9.Sn/c1-6-4-7-2-3-8(6)5-7;3*1-3-4-2;/h2-3,6-8H,1,4-5H2;3*1,3-4H2,2H3;. The van der Waals surface area contributed by atoms with Gasteiger partial charge in [0.15, 0.2) is 0 Å². The van der Waals surface area contributed by atoms with E-state index in [1.807, 2.05) is 0 Å². The predicted octanol–water partition coefficient (Wildman–Crippen LogP) is 7.05. The number of allylic oxidation sites excluding steroid dienone is 2. The van der Waals surface area contributed by atoms with Gasteiger partial charge < -0.3 is 0 Å². The molecular weight excluding hydrogens is 359 g/mol. The van der Waals surface area contributed by atoms with Crippen LogP contribution in [-0.2, 0) is 0 Å². The van der Waals surface area contributed by atoms with Gasteiger partial charge in [-0.25, -0.2) is 0 Å². The van der Waals surface area contributed by atoms with E-state index in [4.69, 9.17) is 0 Å². The van der Waals surface area contributed by atoms with Crippen LogP contribution in [-0.4, -0.2) is 18.4 Å². The first-order chi connectivity index (χ1) is 10.2. The van der Waals surface area contributed by atoms with Gasteiger partial charge in [0, 0.05) is 0 Å². The number of hydrogen-bond donors (Lipinski definition) is 0. The van der Waals surface area contributed by atoms with Crippen molar-refractivity contribution >= 4 is 18.4 Å². The summed E-state index contributed by atoms with van der Waals surface area (Å²) in [6.45, 7) is 7.20. The van der Waals surface area contributed by atoms with Gasteiger partial charge in [0.2, 0.25) is 0 Å². The fourth-order valence-corrected chi connectivity index (χ4v) is 22.9. The average Bonchev–Trinajstić information content (AvgIpc) is 3.11. The van der Waals surface area contributed by atoms with Crippen molar-refractivity contribution in [3.63, 3.8) is 0 Å². The summed E-state index contributed by atoms with van der Waals surface area (Å²) < 4.78 is 6.88. The summed E-state index contributed by atoms with van der Waals surface area (Å²) in [4.78, 5) is 0. The Morgan fingerprint density at radius 3 is 1.76 bits per heavy atom. The Bertz CT molecular complexity index is 298. The molecule has 0 heterocycles. The minimum atomic E-state index is -1.86. The molecule has 2 aliphatic rings. The molecule has 3 atom stereocenters. The molecule has 1 saturated carbocycles. The van der Waals surface area contributed by atoms with Gasteiger partial charge >= 0.3 is 138 Å². The zero-order valence-corrected chi connectivity index (χ0v) is 17.7. The first kappa shape index (κ1) is 17.9. The molecule has 0 spiro atoms. The molecule has 0 saturated heterocycles. The van der Waals surface area contributed by atoms with Crippen LogP contribution in [0.4, 0.5) is 0 Å². The number of unbranched alkanes of at least 4 members (excludes halogenated alkanes) is 3. The second kappa shape index (κ2) is 8.99. The third-order valence-electron chi connectivity index (χ3n) is 6.29. The summed E-state index contributed by atoms with van der Waals surface area (Å²) in [7, 11) is 0. The predicted molar refractivity (Wildman–Crippen MR) is 98.6 cm³/mol. The van der Waals surface area contributed by atoms with E-state index in [-0.39, 0.29) is 0 Å². The van der Waals surface area contributed by atoms with E-state index in [9.17, 15) is 0 Å². The topological polar surface area (TPSA) is 0 Å². The van der Waals surface area contributed by atoms with Crippen LogP contribution in [0.25, 0.3) is 0 Å². The fraction of sp³-hybridized carbons (Fsp3) is 0.900. The Labute approximate surface area is 138 Å². The maximum absolute atomic E-state index is 2.59. The SMILES string of the molecule is CCC[CH2][Sn]([CH2]CCC)([CH2]CCC)[CH2]C1CC2C=CC1C2. The Kier molecular flexibility index (Phi) is 7.65. The molecule has 3 unspecified atom stereocenters. The first-order valence-electron chi connectivity index (χ1n) is 9.91. The minimum absolute atomic E-state index is 0.979. The van der Waals surface area contributed by atoms with Crippen LogP contribution in [0.15, 0.2) is 12.2 Å². The van der Waals surface area contributed by atoms with Crippen molar-refractivity contribution in [2.45, 2.75) is 89.9 Å². The maximum atomic E-state index is 2.59. The molecule has 2 rings (SSSR count). The van der Waals surface area contributed by atoms with E-state index < -0.39 is 18.4 Å². The van der Waals surface area contributed by atoms with Crippen LogP contribution < -0.4 is 0 Å². The van der Waals surface area contributed by atoms with E-state index in [0.717, 1.165) is 17.8 Å². The van der Waals surface area contributed by atoms with E-state index >= 15 is 0 Å². The number of hydrogen-bond acceptors (Lipinski definition) is 0. The van der Waals surface area contributed by atoms with Gasteiger partial charge in [-0.3, -0.25) is 0 Å². The van der Waals surface area contributed by atoms with Crippen molar-refractivity contribution in [1.82, 2.24) is 0 Å². The van der Waals surface area contributed by atoms with E-state index in [1.165, 1.54) is 25.7 Å². The summed E-state index contributed by atoms with van der Waals surface area (Å²) in [5.41, 5.74) is 0. The van der Waals surface area contributed by atoms with Crippen LogP contribution in [0.2, 0.25) is 17.7 Å². The van der Waals surface area contributed by atoms with Crippen LogP contribution in [0.1, 0.15) is 72.1 Å². The number of fused-ring (bicyclic) bond motifs is 2. The summed E-state index contributed by atoms with van der Waals surface area (Å²) in [5, 5.41) is 0. The van der Waals surface area contributed by atoms with Crippen LogP contribution in [0.5, 0.6) is 0 Å². The Morgan fingerprint density at radius 1 is 0.810 bits per heavy atom. The quantitative estimate of drug-likeness (QED) is 0.259. The van der Waals surface area contributed by atoms with Crippen molar-refractivity contribution in [3.05, 3.63) is 12.2 Å². The summed E-state index contributed by atoms with van der Waals surface area (Å²) in [6.07, 6.45) is 17.1. The summed E-state index contributed by atoms with van der Waals surface area (Å²) in [5.74, 6) is 3.09. The molecule has 0 amide bonds. The Morgan fingerprint density at radius 2 is 1.38 bits per heavy atom. The van der Waals surface area contributed by atoms with Gasteiger partial charge in [0.1, 0.15) is 0 Å². The zero-order valence-electron chi connectivity index (χ0n) is 14.9. The van der Waals surface area contributed by atoms with E-state index in [0.29, 0.717) is 0 Å². The molecule has 0 nitrogen and oxygen atoms in total. The molecular formula is C20H38Sn. The van der Waals surface area contributed by atoms with Crippen molar-refractivity contribution in [2.24, 2.45) is 17.8 Å². The van der Waals surface area contributed by atoms with Crippen molar-refractivity contribution < 1.29 is 0 Å². The van der Waals surface area contributed by atoms with Crippen LogP contribution in [0.3, 0.4) is 0 Å². The van der Waals surface area contributed by atoms with Gasteiger partial charge in [0.05, 0.1) is 0 Å². The first-order valence-corrected chi connectivity index (χ1v) is 18.0.